The number of carbonyl (C=O) groups is 2. The van der Waals surface area contributed by atoms with Crippen molar-refractivity contribution >= 4 is 36.3 Å². The van der Waals surface area contributed by atoms with Crippen molar-refractivity contribution in [3.05, 3.63) is 45.4 Å². The molecule has 0 bridgehead atoms. The highest BCUT2D eigenvalue weighted by Gasteiger charge is 2.37. The monoisotopic (exact) mass is 403 g/mol. The minimum absolute atomic E-state index is 0.0174. The van der Waals surface area contributed by atoms with Crippen LogP contribution in [0, 0.1) is 0 Å². The molecule has 0 spiro atoms. The van der Waals surface area contributed by atoms with Gasteiger partial charge in [-0.05, 0) is 18.1 Å². The lowest BCUT2D eigenvalue weighted by atomic mass is 9.72. The second-order valence-corrected chi connectivity index (χ2v) is 7.08. The zero-order chi connectivity index (χ0) is 20.3. The number of carboxylic acids is 1. The minimum atomic E-state index is -1.36. The number of guanidine groups is 1. The quantitative estimate of drug-likeness (QED) is 0.239. The molecule has 1 atom stereocenters. The van der Waals surface area contributed by atoms with Crippen molar-refractivity contribution in [3.63, 3.8) is 0 Å². The molecule has 0 saturated heterocycles. The molecule has 146 valence electrons. The van der Waals surface area contributed by atoms with Crippen LogP contribution >= 0.6 is 11.3 Å². The van der Waals surface area contributed by atoms with Crippen molar-refractivity contribution in [1.82, 2.24) is 10.3 Å². The molecule has 2 aromatic rings. The molecule has 2 heterocycles. The van der Waals surface area contributed by atoms with Crippen LogP contribution in [0.4, 0.5) is 0 Å². The average Bonchev–Trinajstić information content (AvgIpc) is 3.07. The predicted molar refractivity (Wildman–Crippen MR) is 103 cm³/mol. The van der Waals surface area contributed by atoms with Gasteiger partial charge >= 0.3 is 13.1 Å². The topological polar surface area (TPSA) is 173 Å². The second kappa shape index (κ2) is 8.27. The number of fused-ring (bicyclic) bond motifs is 1. The zero-order valence-electron chi connectivity index (χ0n) is 14.7. The van der Waals surface area contributed by atoms with Crippen LogP contribution in [-0.4, -0.2) is 46.0 Å². The van der Waals surface area contributed by atoms with Gasteiger partial charge in [0.2, 0.25) is 5.91 Å². The van der Waals surface area contributed by atoms with Gasteiger partial charge in [-0.15, -0.1) is 11.3 Å². The van der Waals surface area contributed by atoms with Gasteiger partial charge in [0.1, 0.15) is 10.8 Å². The molecule has 12 heteroatoms. The lowest BCUT2D eigenvalue weighted by molar-refractivity contribution is -0.120. The number of para-hydroxylation sites is 1. The van der Waals surface area contributed by atoms with Crippen LogP contribution in [0.2, 0.25) is 0 Å². The molecule has 0 aliphatic carbocycles. The molecular formula is C16H18BN5O5S. The molecule has 0 radical (unpaired) electrons. The molecule has 1 aliphatic heterocycles. The van der Waals surface area contributed by atoms with Crippen molar-refractivity contribution in [3.8, 4) is 5.75 Å². The summed E-state index contributed by atoms with van der Waals surface area (Å²) in [7, 11) is -1.36. The summed E-state index contributed by atoms with van der Waals surface area (Å²) in [5.74, 6) is -2.11. The SMILES string of the molecule is NC(N)=NCc1nc(CC(=O)NC2Cc3cccc(C(=O)O)c3OB2O)cs1. The predicted octanol–water partition coefficient (Wildman–Crippen LogP) is -0.703. The van der Waals surface area contributed by atoms with Crippen LogP contribution < -0.4 is 21.4 Å². The Balaban J connectivity index is 1.63. The number of nitrogens with two attached hydrogens (primary N) is 2. The van der Waals surface area contributed by atoms with Gasteiger partial charge in [-0.25, -0.2) is 14.8 Å². The molecule has 28 heavy (non-hydrogen) atoms. The highest BCUT2D eigenvalue weighted by atomic mass is 32.1. The van der Waals surface area contributed by atoms with E-state index in [1.54, 1.807) is 17.5 Å². The number of aromatic carboxylic acids is 1. The number of carboxylic acid groups (broad SMARTS) is 1. The molecule has 1 aliphatic rings. The van der Waals surface area contributed by atoms with E-state index < -0.39 is 19.0 Å². The fourth-order valence-corrected chi connectivity index (χ4v) is 3.52. The van der Waals surface area contributed by atoms with Crippen LogP contribution in [-0.2, 0) is 24.2 Å². The molecule has 0 saturated carbocycles. The fraction of sp³-hybridized carbons (Fsp3) is 0.250. The molecule has 7 N–H and O–H groups in total. The normalized spacial score (nSPS) is 15.3. The Morgan fingerprint density at radius 2 is 2.21 bits per heavy atom. The Morgan fingerprint density at radius 1 is 1.43 bits per heavy atom. The van der Waals surface area contributed by atoms with E-state index in [1.165, 1.54) is 17.4 Å². The Bertz CT molecular complexity index is 930. The van der Waals surface area contributed by atoms with Crippen LogP contribution in [0.1, 0.15) is 26.6 Å². The van der Waals surface area contributed by atoms with Gasteiger partial charge in [0, 0.05) is 5.38 Å². The van der Waals surface area contributed by atoms with Gasteiger partial charge in [-0.2, -0.15) is 0 Å². The molecule has 0 fully saturated rings. The first kappa shape index (κ1) is 19.6. The van der Waals surface area contributed by atoms with E-state index in [0.29, 0.717) is 16.3 Å². The lowest BCUT2D eigenvalue weighted by Gasteiger charge is -2.28. The van der Waals surface area contributed by atoms with Crippen LogP contribution in [0.15, 0.2) is 28.6 Å². The minimum Gasteiger partial charge on any atom is -0.534 e. The number of hydrogen-bond donors (Lipinski definition) is 5. The van der Waals surface area contributed by atoms with Gasteiger partial charge in [0.05, 0.1) is 30.2 Å². The van der Waals surface area contributed by atoms with Gasteiger partial charge in [0.25, 0.3) is 0 Å². The first-order valence-electron chi connectivity index (χ1n) is 8.31. The fourth-order valence-electron chi connectivity index (χ4n) is 2.80. The first-order valence-corrected chi connectivity index (χ1v) is 9.19. The van der Waals surface area contributed by atoms with Gasteiger partial charge < -0.3 is 31.6 Å². The Hall–Kier alpha value is -3.12. The van der Waals surface area contributed by atoms with Crippen molar-refractivity contribution in [2.75, 3.05) is 0 Å². The van der Waals surface area contributed by atoms with E-state index >= 15 is 0 Å². The van der Waals surface area contributed by atoms with Crippen LogP contribution in [0.3, 0.4) is 0 Å². The van der Waals surface area contributed by atoms with E-state index in [-0.39, 0.29) is 42.6 Å². The third-order valence-electron chi connectivity index (χ3n) is 4.03. The van der Waals surface area contributed by atoms with Crippen LogP contribution in [0.25, 0.3) is 0 Å². The second-order valence-electron chi connectivity index (χ2n) is 6.14. The zero-order valence-corrected chi connectivity index (χ0v) is 15.5. The van der Waals surface area contributed by atoms with E-state index in [1.807, 2.05) is 0 Å². The summed E-state index contributed by atoms with van der Waals surface area (Å²) in [6.45, 7) is 0.243. The Labute approximate surface area is 164 Å². The number of carbonyl (C=O) groups excluding carboxylic acids is 1. The summed E-state index contributed by atoms with van der Waals surface area (Å²) in [5, 5.41) is 24.5. The number of aromatic nitrogens is 1. The van der Waals surface area contributed by atoms with Gasteiger partial charge in [0.15, 0.2) is 5.96 Å². The van der Waals surface area contributed by atoms with E-state index in [4.69, 9.17) is 16.1 Å². The number of nitrogens with one attached hydrogen (secondary N) is 1. The maximum atomic E-state index is 12.3. The molecule has 3 rings (SSSR count). The van der Waals surface area contributed by atoms with Crippen molar-refractivity contribution in [2.45, 2.75) is 25.3 Å². The van der Waals surface area contributed by atoms with Gasteiger partial charge in [-0.1, -0.05) is 12.1 Å². The third kappa shape index (κ3) is 4.59. The number of thiazole rings is 1. The summed E-state index contributed by atoms with van der Waals surface area (Å²) >= 11 is 1.34. The Morgan fingerprint density at radius 3 is 2.93 bits per heavy atom. The summed E-state index contributed by atoms with van der Waals surface area (Å²) < 4.78 is 5.35. The van der Waals surface area contributed by atoms with Crippen molar-refractivity contribution < 1.29 is 24.4 Å². The molecular weight excluding hydrogens is 385 g/mol. The van der Waals surface area contributed by atoms with E-state index in [2.05, 4.69) is 15.3 Å². The highest BCUT2D eigenvalue weighted by Crippen LogP contribution is 2.30. The largest absolute Gasteiger partial charge is 0.547 e. The number of nitrogens with zero attached hydrogens (tertiary/aromatic N) is 2. The summed E-state index contributed by atoms with van der Waals surface area (Å²) in [5.41, 5.74) is 11.7. The molecule has 10 nitrogen and oxygen atoms in total. The smallest absolute Gasteiger partial charge is 0.534 e. The lowest BCUT2D eigenvalue weighted by Crippen LogP contribution is -2.53. The number of aliphatic imine (C=N–C) groups is 1. The molecule has 1 amide bonds. The maximum absolute atomic E-state index is 12.3. The van der Waals surface area contributed by atoms with E-state index in [9.17, 15) is 19.7 Å². The summed E-state index contributed by atoms with van der Waals surface area (Å²) in [4.78, 5) is 31.7. The van der Waals surface area contributed by atoms with Crippen LogP contribution in [0.5, 0.6) is 5.75 Å². The number of hydrogen-bond acceptors (Lipinski definition) is 7. The molecule has 1 aromatic heterocycles. The number of rotatable bonds is 6. The summed E-state index contributed by atoms with van der Waals surface area (Å²) in [6.07, 6.45) is 0.264. The molecule has 1 aromatic carbocycles. The number of benzene rings is 1. The van der Waals surface area contributed by atoms with Gasteiger partial charge in [-0.3, -0.25) is 4.79 Å². The standard InChI is InChI=1S/C16H18BN5O5S/c18-16(19)20-6-13-21-9(7-28-13)5-12(23)22-11-4-8-2-1-3-10(15(24)25)14(8)27-17(11)26/h1-3,7,11,26H,4-6H2,(H,22,23)(H,24,25)(H4,18,19,20). The van der Waals surface area contributed by atoms with Crippen molar-refractivity contribution in [1.29, 1.82) is 0 Å². The third-order valence-corrected chi connectivity index (χ3v) is 4.92. The number of amides is 1. The molecule has 1 unspecified atom stereocenters. The Kier molecular flexibility index (Phi) is 5.80. The highest BCUT2D eigenvalue weighted by molar-refractivity contribution is 7.09. The van der Waals surface area contributed by atoms with E-state index in [0.717, 1.165) is 0 Å². The summed E-state index contributed by atoms with van der Waals surface area (Å²) in [6, 6.07) is 4.69. The van der Waals surface area contributed by atoms with Crippen molar-refractivity contribution in [2.24, 2.45) is 16.5 Å². The average molecular weight is 403 g/mol. The maximum Gasteiger partial charge on any atom is 0.547 e. The first-order chi connectivity index (χ1) is 13.3.